The average molecular weight is 286 g/mol. The number of hydrogen-bond acceptors (Lipinski definition) is 2. The van der Waals surface area contributed by atoms with Crippen LogP contribution in [0.15, 0.2) is 48.5 Å². The van der Waals surface area contributed by atoms with Crippen LogP contribution in [0.4, 0.5) is 0 Å². The lowest BCUT2D eigenvalue weighted by atomic mass is 10.1. The van der Waals surface area contributed by atoms with Gasteiger partial charge in [-0.15, -0.1) is 0 Å². The predicted octanol–water partition coefficient (Wildman–Crippen LogP) is 4.06. The summed E-state index contributed by atoms with van der Waals surface area (Å²) in [6.45, 7) is 0. The Morgan fingerprint density at radius 3 is 2.45 bits per heavy atom. The van der Waals surface area contributed by atoms with Crippen molar-refractivity contribution in [2.45, 2.75) is 0 Å². The molecule has 0 bridgehead atoms. The minimum atomic E-state index is -0.131. The van der Waals surface area contributed by atoms with Gasteiger partial charge in [-0.3, -0.25) is 4.79 Å². The Kier molecular flexibility index (Phi) is 3.20. The van der Waals surface area contributed by atoms with E-state index in [0.29, 0.717) is 22.0 Å². The molecule has 3 aromatic rings. The molecule has 1 heterocycles. The van der Waals surface area contributed by atoms with Crippen LogP contribution in [0, 0.1) is 0 Å². The van der Waals surface area contributed by atoms with Crippen LogP contribution < -0.4 is 4.74 Å². The summed E-state index contributed by atoms with van der Waals surface area (Å²) in [6, 6.07) is 14.5. The van der Waals surface area contributed by atoms with Crippen LogP contribution in [-0.2, 0) is 0 Å². The van der Waals surface area contributed by atoms with E-state index >= 15 is 0 Å². The lowest BCUT2D eigenvalue weighted by Gasteiger charge is -2.02. The Bertz CT molecular complexity index is 775. The number of carbonyl (C=O) groups is 1. The first-order chi connectivity index (χ1) is 9.70. The molecule has 100 valence electrons. The van der Waals surface area contributed by atoms with E-state index in [-0.39, 0.29) is 5.78 Å². The number of hydrogen-bond donors (Lipinski definition) is 1. The van der Waals surface area contributed by atoms with Crippen LogP contribution >= 0.6 is 11.6 Å². The number of para-hydroxylation sites is 1. The van der Waals surface area contributed by atoms with Crippen LogP contribution in [0.5, 0.6) is 5.75 Å². The first kappa shape index (κ1) is 12.8. The largest absolute Gasteiger partial charge is 0.497 e. The topological polar surface area (TPSA) is 42.1 Å². The van der Waals surface area contributed by atoms with Crippen LogP contribution in [0.1, 0.15) is 16.1 Å². The second-order valence-corrected chi connectivity index (χ2v) is 4.80. The van der Waals surface area contributed by atoms with Gasteiger partial charge >= 0.3 is 0 Å². The molecule has 1 aromatic heterocycles. The minimum absolute atomic E-state index is 0.131. The molecule has 0 aliphatic rings. The van der Waals surface area contributed by atoms with Crippen LogP contribution in [0.2, 0.25) is 5.02 Å². The van der Waals surface area contributed by atoms with Crippen molar-refractivity contribution in [2.24, 2.45) is 0 Å². The Labute approximate surface area is 121 Å². The predicted molar refractivity (Wildman–Crippen MR) is 79.7 cm³/mol. The fraction of sp³-hybridized carbons (Fsp3) is 0.0625. The smallest absolute Gasteiger partial charge is 0.210 e. The molecule has 2 aromatic carbocycles. The Hall–Kier alpha value is -2.26. The number of fused-ring (bicyclic) bond motifs is 1. The van der Waals surface area contributed by atoms with Crippen molar-refractivity contribution < 1.29 is 9.53 Å². The van der Waals surface area contributed by atoms with E-state index in [4.69, 9.17) is 16.3 Å². The SMILES string of the molecule is COc1ccc(C(=O)c2[nH]c3ccccc3c2Cl)cc1. The van der Waals surface area contributed by atoms with Gasteiger partial charge in [-0.2, -0.15) is 0 Å². The quantitative estimate of drug-likeness (QED) is 0.737. The maximum Gasteiger partial charge on any atom is 0.210 e. The number of benzene rings is 2. The maximum atomic E-state index is 12.5. The number of H-pyrrole nitrogens is 1. The van der Waals surface area contributed by atoms with Gasteiger partial charge in [0.1, 0.15) is 11.4 Å². The van der Waals surface area contributed by atoms with Crippen molar-refractivity contribution in [2.75, 3.05) is 7.11 Å². The minimum Gasteiger partial charge on any atom is -0.497 e. The first-order valence-electron chi connectivity index (χ1n) is 6.15. The Morgan fingerprint density at radius 1 is 1.10 bits per heavy atom. The zero-order valence-electron chi connectivity index (χ0n) is 10.8. The number of nitrogens with one attached hydrogen (secondary N) is 1. The van der Waals surface area contributed by atoms with E-state index in [1.54, 1.807) is 31.4 Å². The molecule has 3 rings (SSSR count). The van der Waals surface area contributed by atoms with E-state index in [1.165, 1.54) is 0 Å². The Morgan fingerprint density at radius 2 is 1.80 bits per heavy atom. The summed E-state index contributed by atoms with van der Waals surface area (Å²) in [5, 5.41) is 1.31. The van der Waals surface area contributed by atoms with Gasteiger partial charge in [-0.05, 0) is 30.3 Å². The van der Waals surface area contributed by atoms with E-state index in [0.717, 1.165) is 10.9 Å². The molecule has 3 nitrogen and oxygen atoms in total. The van der Waals surface area contributed by atoms with Crippen molar-refractivity contribution in [3.63, 3.8) is 0 Å². The molecule has 0 spiro atoms. The van der Waals surface area contributed by atoms with Gasteiger partial charge in [0, 0.05) is 16.5 Å². The summed E-state index contributed by atoms with van der Waals surface area (Å²) in [6.07, 6.45) is 0. The van der Waals surface area contributed by atoms with E-state index in [1.807, 2.05) is 24.3 Å². The Balaban J connectivity index is 2.05. The monoisotopic (exact) mass is 285 g/mol. The van der Waals surface area contributed by atoms with Crippen molar-refractivity contribution in [1.29, 1.82) is 0 Å². The number of ether oxygens (including phenoxy) is 1. The number of ketones is 1. The maximum absolute atomic E-state index is 12.5. The summed E-state index contributed by atoms with van der Waals surface area (Å²) in [7, 11) is 1.59. The molecular formula is C16H12ClNO2. The molecule has 0 amide bonds. The van der Waals surface area contributed by atoms with Gasteiger partial charge in [0.15, 0.2) is 0 Å². The highest BCUT2D eigenvalue weighted by molar-refractivity contribution is 6.39. The molecule has 0 aliphatic carbocycles. The highest BCUT2D eigenvalue weighted by Crippen LogP contribution is 2.29. The summed E-state index contributed by atoms with van der Waals surface area (Å²) >= 11 is 6.28. The van der Waals surface area contributed by atoms with Gasteiger partial charge in [0.05, 0.1) is 12.1 Å². The fourth-order valence-electron chi connectivity index (χ4n) is 2.15. The molecular weight excluding hydrogens is 274 g/mol. The zero-order chi connectivity index (χ0) is 14.1. The molecule has 0 fully saturated rings. The molecule has 0 unspecified atom stereocenters. The number of carbonyl (C=O) groups excluding carboxylic acids is 1. The standard InChI is InChI=1S/C16H12ClNO2/c1-20-11-8-6-10(7-9-11)16(19)15-14(17)12-4-2-3-5-13(12)18-15/h2-9,18H,1H3. The second-order valence-electron chi connectivity index (χ2n) is 4.42. The normalized spacial score (nSPS) is 10.7. The summed E-state index contributed by atoms with van der Waals surface area (Å²) < 4.78 is 5.08. The van der Waals surface area contributed by atoms with Crippen molar-refractivity contribution >= 4 is 28.3 Å². The molecule has 0 atom stereocenters. The highest BCUT2D eigenvalue weighted by atomic mass is 35.5. The van der Waals surface area contributed by atoms with Crippen molar-refractivity contribution in [3.05, 3.63) is 64.8 Å². The number of methoxy groups -OCH3 is 1. The van der Waals surface area contributed by atoms with E-state index in [9.17, 15) is 4.79 Å². The number of aromatic amines is 1. The third-order valence-corrected chi connectivity index (χ3v) is 3.61. The van der Waals surface area contributed by atoms with Crippen molar-refractivity contribution in [1.82, 2.24) is 4.98 Å². The van der Waals surface area contributed by atoms with Crippen molar-refractivity contribution in [3.8, 4) is 5.75 Å². The third-order valence-electron chi connectivity index (χ3n) is 3.22. The zero-order valence-corrected chi connectivity index (χ0v) is 11.6. The highest BCUT2D eigenvalue weighted by Gasteiger charge is 2.17. The first-order valence-corrected chi connectivity index (χ1v) is 6.53. The van der Waals surface area contributed by atoms with E-state index < -0.39 is 0 Å². The van der Waals surface area contributed by atoms with Gasteiger partial charge in [0.25, 0.3) is 0 Å². The summed E-state index contributed by atoms with van der Waals surface area (Å²) in [5.74, 6) is 0.582. The summed E-state index contributed by atoms with van der Waals surface area (Å²) in [4.78, 5) is 15.6. The van der Waals surface area contributed by atoms with Crippen LogP contribution in [0.25, 0.3) is 10.9 Å². The molecule has 0 radical (unpaired) electrons. The van der Waals surface area contributed by atoms with Gasteiger partial charge in [-0.1, -0.05) is 29.8 Å². The average Bonchev–Trinajstić information content (AvgIpc) is 2.84. The molecule has 20 heavy (non-hydrogen) atoms. The van der Waals surface area contributed by atoms with Gasteiger partial charge < -0.3 is 9.72 Å². The van der Waals surface area contributed by atoms with Crippen LogP contribution in [0.3, 0.4) is 0 Å². The fourth-order valence-corrected chi connectivity index (χ4v) is 2.45. The third kappa shape index (κ3) is 2.06. The lowest BCUT2D eigenvalue weighted by molar-refractivity contribution is 0.103. The summed E-state index contributed by atoms with van der Waals surface area (Å²) in [5.41, 5.74) is 1.84. The van der Waals surface area contributed by atoms with Gasteiger partial charge in [0.2, 0.25) is 5.78 Å². The second kappa shape index (κ2) is 5.02. The van der Waals surface area contributed by atoms with Crippen LogP contribution in [-0.4, -0.2) is 17.9 Å². The molecule has 0 aliphatic heterocycles. The van der Waals surface area contributed by atoms with E-state index in [2.05, 4.69) is 4.98 Å². The van der Waals surface area contributed by atoms with Gasteiger partial charge in [-0.25, -0.2) is 0 Å². The molecule has 4 heteroatoms. The number of halogens is 1. The number of aromatic nitrogens is 1. The number of rotatable bonds is 3. The molecule has 0 saturated heterocycles. The molecule has 0 saturated carbocycles. The lowest BCUT2D eigenvalue weighted by Crippen LogP contribution is -2.02. The molecule has 1 N–H and O–H groups in total.